The Labute approximate surface area is 110 Å². The third-order valence-electron chi connectivity index (χ3n) is 4.95. The maximum absolute atomic E-state index is 3.83. The van der Waals surface area contributed by atoms with Crippen LogP contribution >= 0.6 is 0 Å². The summed E-state index contributed by atoms with van der Waals surface area (Å²) in [5.41, 5.74) is 3.41. The second-order valence-corrected chi connectivity index (χ2v) is 5.77. The Kier molecular flexibility index (Phi) is 3.86. The summed E-state index contributed by atoms with van der Waals surface area (Å²) in [5.74, 6) is 0.799. The van der Waals surface area contributed by atoms with Crippen molar-refractivity contribution in [2.75, 3.05) is 26.3 Å². The van der Waals surface area contributed by atoms with Crippen molar-refractivity contribution >= 4 is 0 Å². The van der Waals surface area contributed by atoms with Gasteiger partial charge in [0.05, 0.1) is 6.67 Å². The fraction of sp³-hybridized carbons (Fsp3) is 1.00. The van der Waals surface area contributed by atoms with E-state index in [1.54, 1.807) is 0 Å². The molecule has 18 heavy (non-hydrogen) atoms. The highest BCUT2D eigenvalue weighted by molar-refractivity contribution is 4.98. The Morgan fingerprint density at radius 1 is 1.22 bits per heavy atom. The Morgan fingerprint density at radius 3 is 2.83 bits per heavy atom. The van der Waals surface area contributed by atoms with Crippen LogP contribution in [0.2, 0.25) is 0 Å². The molecule has 0 aromatic heterocycles. The topological polar surface area (TPSA) is 42.6 Å². The van der Waals surface area contributed by atoms with Gasteiger partial charge in [-0.05, 0) is 31.8 Å². The van der Waals surface area contributed by atoms with Crippen molar-refractivity contribution in [1.82, 2.24) is 26.0 Å². The summed E-state index contributed by atoms with van der Waals surface area (Å²) in [4.78, 5) is 2.64. The van der Waals surface area contributed by atoms with Gasteiger partial charge in [-0.25, -0.2) is 10.4 Å². The summed E-state index contributed by atoms with van der Waals surface area (Å²) >= 11 is 0. The number of nitrogens with one attached hydrogen (secondary N) is 3. The second kappa shape index (κ2) is 5.43. The number of hydrogen-bond acceptors (Lipinski definition) is 5. The van der Waals surface area contributed by atoms with Crippen LogP contribution in [0.3, 0.4) is 0 Å². The van der Waals surface area contributed by atoms with Gasteiger partial charge >= 0.3 is 0 Å². The molecule has 0 amide bonds. The van der Waals surface area contributed by atoms with Gasteiger partial charge in [0.25, 0.3) is 0 Å². The van der Waals surface area contributed by atoms with E-state index in [1.807, 2.05) is 0 Å². The first-order valence-corrected chi connectivity index (χ1v) is 7.57. The summed E-state index contributed by atoms with van der Waals surface area (Å²) in [6.45, 7) is 9.01. The molecule has 1 aliphatic carbocycles. The Hall–Kier alpha value is -0.200. The van der Waals surface area contributed by atoms with Gasteiger partial charge < -0.3 is 0 Å². The van der Waals surface area contributed by atoms with Crippen molar-refractivity contribution in [2.45, 2.75) is 51.5 Å². The lowest BCUT2D eigenvalue weighted by atomic mass is 9.79. The highest BCUT2D eigenvalue weighted by Crippen LogP contribution is 2.32. The minimum atomic E-state index is 0.336. The monoisotopic (exact) mass is 253 g/mol. The van der Waals surface area contributed by atoms with E-state index < -0.39 is 0 Å². The van der Waals surface area contributed by atoms with E-state index in [0.29, 0.717) is 12.3 Å². The molecule has 1 saturated carbocycles. The first-order chi connectivity index (χ1) is 8.83. The molecule has 4 unspecified atom stereocenters. The van der Waals surface area contributed by atoms with Crippen molar-refractivity contribution in [3.63, 3.8) is 0 Å². The molecule has 2 saturated heterocycles. The van der Waals surface area contributed by atoms with Gasteiger partial charge in [-0.15, -0.1) is 0 Å². The maximum atomic E-state index is 3.83. The standard InChI is InChI=1S/C13H27N5/c1-3-17(4-2)11-7-5-6-10-8-18-13(14-9-15-18)16-12(10)11/h10-16H,3-9H2,1-2H3. The zero-order valence-corrected chi connectivity index (χ0v) is 11.7. The van der Waals surface area contributed by atoms with Crippen LogP contribution in [0.15, 0.2) is 0 Å². The van der Waals surface area contributed by atoms with E-state index in [4.69, 9.17) is 0 Å². The zero-order chi connectivity index (χ0) is 12.5. The molecule has 0 radical (unpaired) electrons. The molecule has 3 rings (SSSR count). The molecule has 0 bridgehead atoms. The van der Waals surface area contributed by atoms with Gasteiger partial charge in [-0.1, -0.05) is 20.3 Å². The lowest BCUT2D eigenvalue weighted by molar-refractivity contribution is -0.00730. The van der Waals surface area contributed by atoms with Gasteiger partial charge in [-0.2, -0.15) is 0 Å². The van der Waals surface area contributed by atoms with Crippen LogP contribution in [0, 0.1) is 5.92 Å². The van der Waals surface area contributed by atoms with Gasteiger partial charge in [0.15, 0.2) is 0 Å². The third-order valence-corrected chi connectivity index (χ3v) is 4.95. The van der Waals surface area contributed by atoms with Gasteiger partial charge in [0.1, 0.15) is 6.29 Å². The normalized spacial score (nSPS) is 40.8. The van der Waals surface area contributed by atoms with Crippen LogP contribution in [0.25, 0.3) is 0 Å². The number of likely N-dealkylation sites (N-methyl/N-ethyl adjacent to an activating group) is 1. The Morgan fingerprint density at radius 2 is 2.06 bits per heavy atom. The van der Waals surface area contributed by atoms with E-state index in [2.05, 4.69) is 39.8 Å². The molecular weight excluding hydrogens is 226 g/mol. The first kappa shape index (κ1) is 12.8. The zero-order valence-electron chi connectivity index (χ0n) is 11.7. The summed E-state index contributed by atoms with van der Waals surface area (Å²) in [6.07, 6.45) is 4.45. The molecule has 0 aromatic rings. The van der Waals surface area contributed by atoms with Crippen molar-refractivity contribution in [3.05, 3.63) is 0 Å². The molecule has 0 aromatic carbocycles. The van der Waals surface area contributed by atoms with E-state index in [0.717, 1.165) is 18.6 Å². The molecule has 5 heteroatoms. The molecule has 3 fully saturated rings. The lowest BCUT2D eigenvalue weighted by Crippen LogP contribution is -2.68. The van der Waals surface area contributed by atoms with Gasteiger partial charge in [0, 0.05) is 18.6 Å². The highest BCUT2D eigenvalue weighted by Gasteiger charge is 2.43. The average molecular weight is 253 g/mol. The Balaban J connectivity index is 1.73. The Bertz CT molecular complexity index is 281. The van der Waals surface area contributed by atoms with Crippen molar-refractivity contribution < 1.29 is 0 Å². The van der Waals surface area contributed by atoms with E-state index in [1.165, 1.54) is 38.9 Å². The van der Waals surface area contributed by atoms with Crippen molar-refractivity contribution in [3.8, 4) is 0 Å². The molecule has 2 heterocycles. The van der Waals surface area contributed by atoms with Crippen LogP contribution in [0.4, 0.5) is 0 Å². The molecular formula is C13H27N5. The smallest absolute Gasteiger partial charge is 0.128 e. The largest absolute Gasteiger partial charge is 0.299 e. The minimum Gasteiger partial charge on any atom is -0.299 e. The van der Waals surface area contributed by atoms with E-state index >= 15 is 0 Å². The number of rotatable bonds is 3. The molecule has 4 atom stereocenters. The van der Waals surface area contributed by atoms with Crippen LogP contribution in [-0.4, -0.2) is 54.6 Å². The minimum absolute atomic E-state index is 0.336. The highest BCUT2D eigenvalue weighted by atomic mass is 15.7. The number of nitrogens with zero attached hydrogens (tertiary/aromatic N) is 2. The molecule has 3 aliphatic rings. The van der Waals surface area contributed by atoms with Crippen LogP contribution in [0.1, 0.15) is 33.1 Å². The van der Waals surface area contributed by atoms with Crippen molar-refractivity contribution in [1.29, 1.82) is 0 Å². The average Bonchev–Trinajstić information content (AvgIpc) is 2.85. The van der Waals surface area contributed by atoms with Crippen LogP contribution < -0.4 is 16.1 Å². The summed E-state index contributed by atoms with van der Waals surface area (Å²) in [5, 5.41) is 9.64. The summed E-state index contributed by atoms with van der Waals surface area (Å²) in [7, 11) is 0. The lowest BCUT2D eigenvalue weighted by Gasteiger charge is -2.50. The van der Waals surface area contributed by atoms with Gasteiger partial charge in [-0.3, -0.25) is 15.5 Å². The fourth-order valence-corrected chi connectivity index (χ4v) is 4.02. The summed E-state index contributed by atoms with van der Waals surface area (Å²) < 4.78 is 0. The van der Waals surface area contributed by atoms with Crippen molar-refractivity contribution in [2.24, 2.45) is 5.92 Å². The third kappa shape index (κ3) is 2.18. The number of hydrazine groups is 1. The number of hydrogen-bond donors (Lipinski definition) is 3. The predicted molar refractivity (Wildman–Crippen MR) is 72.6 cm³/mol. The molecule has 104 valence electrons. The van der Waals surface area contributed by atoms with E-state index in [9.17, 15) is 0 Å². The predicted octanol–water partition coefficient (Wildman–Crippen LogP) is 0.120. The van der Waals surface area contributed by atoms with Crippen LogP contribution in [0.5, 0.6) is 0 Å². The first-order valence-electron chi connectivity index (χ1n) is 7.57. The maximum Gasteiger partial charge on any atom is 0.128 e. The van der Waals surface area contributed by atoms with Gasteiger partial charge in [0.2, 0.25) is 0 Å². The molecule has 0 spiro atoms. The van der Waals surface area contributed by atoms with Crippen LogP contribution in [-0.2, 0) is 0 Å². The summed E-state index contributed by atoms with van der Waals surface area (Å²) in [6, 6.07) is 1.38. The second-order valence-electron chi connectivity index (χ2n) is 5.77. The molecule has 3 N–H and O–H groups in total. The SMILES string of the molecule is CCN(CC)C1CCCC2CN3NCNC3NC21. The van der Waals surface area contributed by atoms with E-state index in [-0.39, 0.29) is 0 Å². The number of fused-ring (bicyclic) bond motifs is 2. The quantitative estimate of drug-likeness (QED) is 0.667. The fourth-order valence-electron chi connectivity index (χ4n) is 4.02. The molecule has 2 aliphatic heterocycles. The molecule has 5 nitrogen and oxygen atoms in total.